The van der Waals surface area contributed by atoms with Crippen LogP contribution in [0, 0.1) is 5.82 Å². The maximum Gasteiger partial charge on any atom is 0.132 e. The van der Waals surface area contributed by atoms with Gasteiger partial charge >= 0.3 is 0 Å². The van der Waals surface area contributed by atoms with E-state index >= 15 is 0 Å². The van der Waals surface area contributed by atoms with Crippen LogP contribution in [0.3, 0.4) is 0 Å². The molecule has 0 saturated carbocycles. The summed E-state index contributed by atoms with van der Waals surface area (Å²) in [7, 11) is 0. The summed E-state index contributed by atoms with van der Waals surface area (Å²) in [5.41, 5.74) is 5.63. The maximum atomic E-state index is 12.8. The van der Waals surface area contributed by atoms with Crippen LogP contribution < -0.4 is 5.73 Å². The van der Waals surface area contributed by atoms with E-state index in [4.69, 9.17) is 10.8 Å². The zero-order valence-electron chi connectivity index (χ0n) is 5.64. The van der Waals surface area contributed by atoms with Gasteiger partial charge in [0.1, 0.15) is 11.6 Å². The lowest BCUT2D eigenvalue weighted by atomic mass is 10.2. The molecule has 3 N–H and O–H groups in total. The molecule has 1 aromatic rings. The quantitative estimate of drug-likeness (QED) is 0.757. The second-order valence-corrected chi connectivity index (χ2v) is 2.95. The average Bonchev–Trinajstić information content (AvgIpc) is 1.85. The van der Waals surface area contributed by atoms with Gasteiger partial charge in [-0.3, -0.25) is 0 Å². The van der Waals surface area contributed by atoms with E-state index in [1.54, 1.807) is 0 Å². The number of aromatic hydroxyl groups is 1. The number of rotatable bonds is 1. The first kappa shape index (κ1) is 8.49. The molecule has 0 amide bonds. The Bertz CT molecular complexity index is 254. The van der Waals surface area contributed by atoms with Crippen molar-refractivity contribution in [2.75, 3.05) is 0 Å². The Balaban J connectivity index is 3.25. The third kappa shape index (κ3) is 1.70. The van der Waals surface area contributed by atoms with Crippen molar-refractivity contribution in [2.24, 2.45) is 5.73 Å². The molecule has 1 rings (SSSR count). The summed E-state index contributed by atoms with van der Waals surface area (Å²) in [6.45, 7) is 0.118. The second-order valence-electron chi connectivity index (χ2n) is 2.09. The number of nitrogens with two attached hydrogens (primary N) is 1. The summed E-state index contributed by atoms with van der Waals surface area (Å²) in [6, 6.07) is 2.44. The summed E-state index contributed by atoms with van der Waals surface area (Å²) >= 11 is 3.08. The fourth-order valence-corrected chi connectivity index (χ4v) is 1.37. The lowest BCUT2D eigenvalue weighted by Crippen LogP contribution is -2.00. The minimum atomic E-state index is -0.487. The molecular weight excluding hydrogens is 213 g/mol. The summed E-state index contributed by atoms with van der Waals surface area (Å²) < 4.78 is 13.3. The number of halogens is 2. The Labute approximate surface area is 72.0 Å². The number of hydrogen-bond acceptors (Lipinski definition) is 2. The van der Waals surface area contributed by atoms with Gasteiger partial charge in [0.25, 0.3) is 0 Å². The summed E-state index contributed by atoms with van der Waals surface area (Å²) in [6.07, 6.45) is 0. The predicted molar refractivity (Wildman–Crippen MR) is 43.7 cm³/mol. The van der Waals surface area contributed by atoms with E-state index < -0.39 is 5.82 Å². The Morgan fingerprint density at radius 3 is 2.64 bits per heavy atom. The van der Waals surface area contributed by atoms with Crippen molar-refractivity contribution in [3.63, 3.8) is 0 Å². The van der Waals surface area contributed by atoms with Gasteiger partial charge < -0.3 is 10.8 Å². The van der Waals surface area contributed by atoms with E-state index in [9.17, 15) is 4.39 Å². The number of phenols is 1. The van der Waals surface area contributed by atoms with Crippen LogP contribution in [0.5, 0.6) is 5.75 Å². The topological polar surface area (TPSA) is 46.2 Å². The molecular formula is C7H7BrFNO. The van der Waals surface area contributed by atoms with E-state index in [0.29, 0.717) is 10.0 Å². The van der Waals surface area contributed by atoms with Crippen molar-refractivity contribution in [3.05, 3.63) is 28.0 Å². The smallest absolute Gasteiger partial charge is 0.132 e. The highest BCUT2D eigenvalue weighted by atomic mass is 79.9. The monoisotopic (exact) mass is 219 g/mol. The first-order valence-electron chi connectivity index (χ1n) is 3.02. The highest BCUT2D eigenvalue weighted by Gasteiger charge is 2.06. The molecule has 0 radical (unpaired) electrons. The molecule has 0 atom stereocenters. The maximum absolute atomic E-state index is 12.8. The van der Waals surface area contributed by atoms with Gasteiger partial charge in [-0.1, -0.05) is 15.9 Å². The van der Waals surface area contributed by atoms with Crippen LogP contribution in [0.2, 0.25) is 0 Å². The number of hydrogen-bond donors (Lipinski definition) is 2. The molecule has 0 fully saturated rings. The molecule has 60 valence electrons. The van der Waals surface area contributed by atoms with Crippen LogP contribution in [0.15, 0.2) is 16.6 Å². The number of phenolic OH excluding ortho intramolecular Hbond substituents is 1. The fraction of sp³-hybridized carbons (Fsp3) is 0.143. The van der Waals surface area contributed by atoms with Gasteiger partial charge in [-0.25, -0.2) is 4.39 Å². The molecule has 0 bridgehead atoms. The molecule has 0 aliphatic carbocycles. The Morgan fingerprint density at radius 2 is 2.18 bits per heavy atom. The van der Waals surface area contributed by atoms with Crippen LogP contribution in [0.25, 0.3) is 0 Å². The van der Waals surface area contributed by atoms with Crippen LogP contribution in [0.1, 0.15) is 5.56 Å². The zero-order chi connectivity index (χ0) is 8.43. The summed E-state index contributed by atoms with van der Waals surface area (Å²) in [5.74, 6) is -0.592. The molecule has 11 heavy (non-hydrogen) atoms. The molecule has 0 saturated heterocycles. The summed E-state index contributed by atoms with van der Waals surface area (Å²) in [5, 5.41) is 8.90. The van der Waals surface area contributed by atoms with Crippen LogP contribution in [-0.4, -0.2) is 5.11 Å². The van der Waals surface area contributed by atoms with Gasteiger partial charge in [0.2, 0.25) is 0 Å². The molecule has 0 heterocycles. The molecule has 0 unspecified atom stereocenters. The SMILES string of the molecule is NCc1c(F)cc(O)cc1Br. The van der Waals surface area contributed by atoms with E-state index in [2.05, 4.69) is 15.9 Å². The van der Waals surface area contributed by atoms with Crippen LogP contribution >= 0.6 is 15.9 Å². The Morgan fingerprint density at radius 1 is 1.55 bits per heavy atom. The largest absolute Gasteiger partial charge is 0.508 e. The fourth-order valence-electron chi connectivity index (χ4n) is 0.785. The van der Waals surface area contributed by atoms with E-state index in [1.165, 1.54) is 6.07 Å². The van der Waals surface area contributed by atoms with Crippen molar-refractivity contribution in [1.29, 1.82) is 0 Å². The molecule has 0 spiro atoms. The Kier molecular flexibility index (Phi) is 2.46. The number of benzene rings is 1. The highest BCUT2D eigenvalue weighted by Crippen LogP contribution is 2.24. The van der Waals surface area contributed by atoms with Crippen molar-refractivity contribution in [2.45, 2.75) is 6.54 Å². The molecule has 0 aliphatic rings. The van der Waals surface area contributed by atoms with Crippen molar-refractivity contribution in [1.82, 2.24) is 0 Å². The van der Waals surface area contributed by atoms with Crippen molar-refractivity contribution < 1.29 is 9.50 Å². The van der Waals surface area contributed by atoms with Crippen LogP contribution in [-0.2, 0) is 6.54 Å². The Hall–Kier alpha value is -0.610. The van der Waals surface area contributed by atoms with Crippen molar-refractivity contribution >= 4 is 15.9 Å². The molecule has 4 heteroatoms. The normalized spacial score (nSPS) is 10.1. The predicted octanol–water partition coefficient (Wildman–Crippen LogP) is 1.75. The average molecular weight is 220 g/mol. The first-order chi connectivity index (χ1) is 5.15. The standard InChI is InChI=1S/C7H7BrFNO/c8-6-1-4(11)2-7(9)5(6)3-10/h1-2,11H,3,10H2. The van der Waals surface area contributed by atoms with Crippen molar-refractivity contribution in [3.8, 4) is 5.75 Å². The minimum Gasteiger partial charge on any atom is -0.508 e. The second kappa shape index (κ2) is 3.19. The van der Waals surface area contributed by atoms with E-state index in [-0.39, 0.29) is 12.3 Å². The third-order valence-corrected chi connectivity index (χ3v) is 2.04. The molecule has 2 nitrogen and oxygen atoms in total. The zero-order valence-corrected chi connectivity index (χ0v) is 7.23. The molecule has 0 aliphatic heterocycles. The van der Waals surface area contributed by atoms with Gasteiger partial charge in [-0.2, -0.15) is 0 Å². The van der Waals surface area contributed by atoms with E-state index in [1.807, 2.05) is 0 Å². The lowest BCUT2D eigenvalue weighted by molar-refractivity contribution is 0.467. The van der Waals surface area contributed by atoms with Gasteiger partial charge in [0.05, 0.1) is 0 Å². The minimum absolute atomic E-state index is 0.105. The van der Waals surface area contributed by atoms with E-state index in [0.717, 1.165) is 6.07 Å². The third-order valence-electron chi connectivity index (χ3n) is 1.33. The van der Waals surface area contributed by atoms with Crippen LogP contribution in [0.4, 0.5) is 4.39 Å². The van der Waals surface area contributed by atoms with Gasteiger partial charge in [0, 0.05) is 22.6 Å². The van der Waals surface area contributed by atoms with Gasteiger partial charge in [-0.15, -0.1) is 0 Å². The summed E-state index contributed by atoms with van der Waals surface area (Å²) in [4.78, 5) is 0. The van der Waals surface area contributed by atoms with Gasteiger partial charge in [-0.05, 0) is 6.07 Å². The highest BCUT2D eigenvalue weighted by molar-refractivity contribution is 9.10. The molecule has 1 aromatic carbocycles. The molecule has 0 aromatic heterocycles. The van der Waals surface area contributed by atoms with Gasteiger partial charge in [0.15, 0.2) is 0 Å². The first-order valence-corrected chi connectivity index (χ1v) is 3.81. The lowest BCUT2D eigenvalue weighted by Gasteiger charge is -2.02.